The highest BCUT2D eigenvalue weighted by atomic mass is 32.2. The van der Waals surface area contributed by atoms with Gasteiger partial charge in [0.1, 0.15) is 0 Å². The topological polar surface area (TPSA) is 101 Å². The molecule has 2 aromatic rings. The van der Waals surface area contributed by atoms with Gasteiger partial charge in [-0.05, 0) is 31.0 Å². The maximum absolute atomic E-state index is 13.0. The zero-order valence-corrected chi connectivity index (χ0v) is 19.4. The summed E-state index contributed by atoms with van der Waals surface area (Å²) in [5.74, 6) is -0.420. The van der Waals surface area contributed by atoms with Gasteiger partial charge < -0.3 is 15.0 Å². The molecule has 1 aromatic carbocycles. The summed E-state index contributed by atoms with van der Waals surface area (Å²) in [6, 6.07) is 3.17. The number of nitrogens with one attached hydrogen (secondary N) is 1. The van der Waals surface area contributed by atoms with Crippen LogP contribution in [-0.2, 0) is 16.2 Å². The van der Waals surface area contributed by atoms with E-state index in [0.29, 0.717) is 12.8 Å². The van der Waals surface area contributed by atoms with Gasteiger partial charge in [-0.1, -0.05) is 6.07 Å². The zero-order valence-electron chi connectivity index (χ0n) is 18.6. The number of piperidine rings is 1. The Morgan fingerprint density at radius 1 is 1.11 bits per heavy atom. The molecule has 0 spiro atoms. The number of benzene rings is 1. The molecule has 16 heteroatoms. The summed E-state index contributed by atoms with van der Waals surface area (Å²) in [4.78, 5) is 13.3. The van der Waals surface area contributed by atoms with Gasteiger partial charge in [0.05, 0.1) is 11.8 Å². The number of nitrogens with zero attached hydrogens (tertiary/aromatic N) is 5. The van der Waals surface area contributed by atoms with Crippen molar-refractivity contribution in [1.29, 1.82) is 0 Å². The Morgan fingerprint density at radius 2 is 1.77 bits per heavy atom. The van der Waals surface area contributed by atoms with Crippen molar-refractivity contribution in [3.05, 3.63) is 29.8 Å². The molecule has 1 aromatic heterocycles. The average molecular weight is 528 g/mol. The minimum absolute atomic E-state index is 0.0529. The van der Waals surface area contributed by atoms with Crippen LogP contribution in [0.5, 0.6) is 6.01 Å². The predicted octanol–water partition coefficient (Wildman–Crippen LogP) is 3.44. The molecule has 0 saturated carbocycles. The molecule has 0 bridgehead atoms. The molecule has 0 atom stereocenters. The number of anilines is 3. The molecule has 1 fully saturated rings. The lowest BCUT2D eigenvalue weighted by atomic mass is 10.1. The Balaban J connectivity index is 1.86. The number of aromatic nitrogens is 3. The third-order valence-electron chi connectivity index (χ3n) is 5.17. The number of halogens is 6. The second-order valence-corrected chi connectivity index (χ2v) is 9.84. The minimum Gasteiger partial charge on any atom is -0.454 e. The first-order chi connectivity index (χ1) is 16.1. The van der Waals surface area contributed by atoms with Gasteiger partial charge in [0.15, 0.2) is 6.61 Å². The van der Waals surface area contributed by atoms with Gasteiger partial charge in [0, 0.05) is 31.9 Å². The third kappa shape index (κ3) is 7.55. The average Bonchev–Trinajstić information content (AvgIpc) is 2.76. The summed E-state index contributed by atoms with van der Waals surface area (Å²) in [5, 5.41) is 2.54. The second-order valence-electron chi connectivity index (χ2n) is 7.85. The van der Waals surface area contributed by atoms with E-state index in [4.69, 9.17) is 0 Å². The molecule has 194 valence electrons. The van der Waals surface area contributed by atoms with Crippen LogP contribution in [0, 0.1) is 0 Å². The number of ether oxygens (including phenoxy) is 1. The molecule has 1 aliphatic heterocycles. The van der Waals surface area contributed by atoms with Gasteiger partial charge in [-0.2, -0.15) is 41.3 Å². The maximum atomic E-state index is 13.0. The Hall–Kier alpha value is -2.88. The fourth-order valence-corrected chi connectivity index (χ4v) is 4.27. The normalized spacial score (nSPS) is 16.2. The molecule has 1 N–H and O–H groups in total. The fourth-order valence-electron chi connectivity index (χ4n) is 3.40. The summed E-state index contributed by atoms with van der Waals surface area (Å²) >= 11 is 0. The highest BCUT2D eigenvalue weighted by molar-refractivity contribution is 7.88. The first-order valence-corrected chi connectivity index (χ1v) is 12.0. The Kier molecular flexibility index (Phi) is 7.64. The molecule has 3 rings (SSSR count). The van der Waals surface area contributed by atoms with Crippen LogP contribution >= 0.6 is 0 Å². The van der Waals surface area contributed by atoms with Crippen molar-refractivity contribution in [2.45, 2.75) is 31.2 Å². The first kappa shape index (κ1) is 26.7. The maximum Gasteiger partial charge on any atom is 0.422 e. The lowest BCUT2D eigenvalue weighted by Gasteiger charge is -2.35. The summed E-state index contributed by atoms with van der Waals surface area (Å²) in [6.45, 7) is -1.23. The van der Waals surface area contributed by atoms with Crippen molar-refractivity contribution in [3.8, 4) is 6.01 Å². The minimum atomic E-state index is -4.67. The molecule has 2 heterocycles. The largest absolute Gasteiger partial charge is 0.454 e. The van der Waals surface area contributed by atoms with E-state index in [2.05, 4.69) is 25.0 Å². The van der Waals surface area contributed by atoms with E-state index < -0.39 is 40.6 Å². The number of rotatable bonds is 7. The van der Waals surface area contributed by atoms with Crippen LogP contribution in [0.4, 0.5) is 43.9 Å². The van der Waals surface area contributed by atoms with Crippen LogP contribution in [-0.4, -0.2) is 72.9 Å². The highest BCUT2D eigenvalue weighted by Gasteiger charge is 2.32. The lowest BCUT2D eigenvalue weighted by Crippen LogP contribution is -2.45. The van der Waals surface area contributed by atoms with Crippen LogP contribution in [0.25, 0.3) is 0 Å². The summed E-state index contributed by atoms with van der Waals surface area (Å²) in [5.41, 5.74) is -0.997. The smallest absolute Gasteiger partial charge is 0.422 e. The van der Waals surface area contributed by atoms with E-state index in [0.717, 1.165) is 24.5 Å². The summed E-state index contributed by atoms with van der Waals surface area (Å²) in [7, 11) is -1.80. The van der Waals surface area contributed by atoms with E-state index in [9.17, 15) is 34.8 Å². The Morgan fingerprint density at radius 3 is 2.34 bits per heavy atom. The molecular formula is C19H22F6N6O3S. The van der Waals surface area contributed by atoms with Gasteiger partial charge in [0.25, 0.3) is 0 Å². The van der Waals surface area contributed by atoms with Crippen LogP contribution < -0.4 is 15.0 Å². The van der Waals surface area contributed by atoms with Crippen LogP contribution in [0.3, 0.4) is 0 Å². The SMILES string of the molecule is CN(c1nc(Nc2cccc(C(F)(F)F)c2)nc(OCC(F)(F)F)n1)C1CCN(S(C)(=O)=O)CC1. The standard InChI is InChI=1S/C19H22F6N6O3S/c1-30(14-6-8-31(9-7-14)35(2,32)33)16-27-15(28-17(29-16)34-11-18(20,21)22)26-13-5-3-4-12(10-13)19(23,24)25/h3-5,10,14H,6-9,11H2,1-2H3,(H,26,27,28,29). The van der Waals surface area contributed by atoms with Crippen LogP contribution in [0.15, 0.2) is 24.3 Å². The third-order valence-corrected chi connectivity index (χ3v) is 6.47. The van der Waals surface area contributed by atoms with E-state index in [1.807, 2.05) is 0 Å². The molecule has 35 heavy (non-hydrogen) atoms. The van der Waals surface area contributed by atoms with E-state index in [1.54, 1.807) is 11.9 Å². The lowest BCUT2D eigenvalue weighted by molar-refractivity contribution is -0.154. The number of alkyl halides is 6. The molecule has 1 aliphatic rings. The van der Waals surface area contributed by atoms with Crippen molar-refractivity contribution in [3.63, 3.8) is 0 Å². The van der Waals surface area contributed by atoms with E-state index >= 15 is 0 Å². The predicted molar refractivity (Wildman–Crippen MR) is 114 cm³/mol. The van der Waals surface area contributed by atoms with Gasteiger partial charge >= 0.3 is 18.4 Å². The van der Waals surface area contributed by atoms with E-state index in [-0.39, 0.29) is 36.7 Å². The van der Waals surface area contributed by atoms with E-state index in [1.165, 1.54) is 10.4 Å². The highest BCUT2D eigenvalue weighted by Crippen LogP contribution is 2.31. The molecule has 0 unspecified atom stereocenters. The molecule has 0 aliphatic carbocycles. The molecule has 0 radical (unpaired) electrons. The zero-order chi connectivity index (χ0) is 26.0. The Bertz CT molecular complexity index is 1140. The molecule has 1 saturated heterocycles. The molecule has 0 amide bonds. The number of hydrogen-bond acceptors (Lipinski definition) is 8. The van der Waals surface area contributed by atoms with Crippen molar-refractivity contribution < 1.29 is 39.5 Å². The van der Waals surface area contributed by atoms with Crippen molar-refractivity contribution in [2.24, 2.45) is 0 Å². The van der Waals surface area contributed by atoms with Crippen molar-refractivity contribution >= 4 is 27.6 Å². The van der Waals surface area contributed by atoms with Crippen LogP contribution in [0.2, 0.25) is 0 Å². The van der Waals surface area contributed by atoms with Gasteiger partial charge in [-0.3, -0.25) is 0 Å². The Labute approximate surface area is 197 Å². The van der Waals surface area contributed by atoms with Crippen LogP contribution in [0.1, 0.15) is 18.4 Å². The van der Waals surface area contributed by atoms with Gasteiger partial charge in [0.2, 0.25) is 21.9 Å². The van der Waals surface area contributed by atoms with Crippen molar-refractivity contribution in [2.75, 3.05) is 43.2 Å². The first-order valence-electron chi connectivity index (χ1n) is 10.2. The number of hydrogen-bond donors (Lipinski definition) is 1. The molecular weight excluding hydrogens is 506 g/mol. The number of sulfonamides is 1. The van der Waals surface area contributed by atoms with Crippen molar-refractivity contribution in [1.82, 2.24) is 19.3 Å². The quantitative estimate of drug-likeness (QED) is 0.546. The second kappa shape index (κ2) is 10.0. The van der Waals surface area contributed by atoms with Gasteiger partial charge in [-0.25, -0.2) is 12.7 Å². The summed E-state index contributed by atoms with van der Waals surface area (Å²) < 4.78 is 106. The fraction of sp³-hybridized carbons (Fsp3) is 0.526. The monoisotopic (exact) mass is 528 g/mol. The molecule has 9 nitrogen and oxygen atoms in total. The summed E-state index contributed by atoms with van der Waals surface area (Å²) in [6.07, 6.45) is -7.40. The van der Waals surface area contributed by atoms with Gasteiger partial charge in [-0.15, -0.1) is 0 Å².